The first-order valence-corrected chi connectivity index (χ1v) is 7.79. The second-order valence-electron chi connectivity index (χ2n) is 4.55. The lowest BCUT2D eigenvalue weighted by molar-refractivity contribution is -0.121. The fraction of sp³-hybridized carbons (Fsp3) is 0.214. The van der Waals surface area contributed by atoms with Crippen LogP contribution in [0.2, 0.25) is 20.2 Å². The molecule has 0 spiro atoms. The average Bonchev–Trinajstić information content (AvgIpc) is 2.42. The number of hydrogen-bond acceptors (Lipinski definition) is 3. The van der Waals surface area contributed by atoms with Crippen LogP contribution < -0.4 is 5.32 Å². The van der Waals surface area contributed by atoms with Gasteiger partial charge in [0.25, 0.3) is 0 Å². The fourth-order valence-electron chi connectivity index (χ4n) is 1.87. The lowest BCUT2D eigenvalue weighted by Gasteiger charge is -2.15. The van der Waals surface area contributed by atoms with E-state index in [-0.39, 0.29) is 23.5 Å². The molecule has 0 saturated carbocycles. The zero-order valence-corrected chi connectivity index (χ0v) is 14.4. The third-order valence-electron chi connectivity index (χ3n) is 2.91. The van der Waals surface area contributed by atoms with E-state index in [1.54, 1.807) is 19.1 Å². The van der Waals surface area contributed by atoms with Crippen LogP contribution in [0.5, 0.6) is 0 Å². The zero-order chi connectivity index (χ0) is 16.3. The Morgan fingerprint density at radius 1 is 1.23 bits per heavy atom. The van der Waals surface area contributed by atoms with Gasteiger partial charge >= 0.3 is 0 Å². The summed E-state index contributed by atoms with van der Waals surface area (Å²) in [6, 6.07) is 2.77. The van der Waals surface area contributed by atoms with Gasteiger partial charge in [0.1, 0.15) is 5.15 Å². The number of halogens is 4. The summed E-state index contributed by atoms with van der Waals surface area (Å²) in [6.45, 7) is 1.77. The maximum Gasteiger partial charge on any atom is 0.225 e. The highest BCUT2D eigenvalue weighted by Gasteiger charge is 2.17. The number of pyridine rings is 2. The standard InChI is InChI=1S/C14H11Cl4N3O/c1-7(13-11(17)4-8(15)6-20-13)21-12(22)5-9-10(16)2-3-19-14(9)18/h2-4,6-7H,5H2,1H3,(H,21,22). The minimum absolute atomic E-state index is 0.0149. The Bertz CT molecular complexity index is 688. The van der Waals surface area contributed by atoms with Gasteiger partial charge in [-0.25, -0.2) is 4.98 Å². The number of carbonyl (C=O) groups is 1. The van der Waals surface area contributed by atoms with Crippen molar-refractivity contribution in [2.45, 2.75) is 19.4 Å². The molecular formula is C14H11Cl4N3O. The zero-order valence-electron chi connectivity index (χ0n) is 11.4. The molecule has 1 atom stereocenters. The number of amides is 1. The van der Waals surface area contributed by atoms with Crippen molar-refractivity contribution in [3.8, 4) is 0 Å². The Morgan fingerprint density at radius 3 is 2.59 bits per heavy atom. The highest BCUT2D eigenvalue weighted by molar-refractivity contribution is 6.35. The molecule has 0 radical (unpaired) electrons. The topological polar surface area (TPSA) is 54.9 Å². The molecule has 0 aliphatic heterocycles. The molecule has 0 aliphatic rings. The molecule has 1 amide bonds. The van der Waals surface area contributed by atoms with Crippen LogP contribution in [0.15, 0.2) is 24.5 Å². The third-order valence-corrected chi connectivity index (χ3v) is 4.10. The van der Waals surface area contributed by atoms with Crippen molar-refractivity contribution in [1.82, 2.24) is 15.3 Å². The van der Waals surface area contributed by atoms with E-state index in [0.717, 1.165) is 0 Å². The molecule has 0 fully saturated rings. The van der Waals surface area contributed by atoms with Crippen molar-refractivity contribution < 1.29 is 4.79 Å². The number of aromatic nitrogens is 2. The molecule has 2 aromatic rings. The van der Waals surface area contributed by atoms with Gasteiger partial charge in [0.2, 0.25) is 5.91 Å². The number of rotatable bonds is 4. The van der Waals surface area contributed by atoms with Gasteiger partial charge in [0.15, 0.2) is 0 Å². The van der Waals surface area contributed by atoms with Crippen LogP contribution >= 0.6 is 46.4 Å². The van der Waals surface area contributed by atoms with Crippen LogP contribution in [-0.4, -0.2) is 15.9 Å². The monoisotopic (exact) mass is 377 g/mol. The molecule has 0 saturated heterocycles. The van der Waals surface area contributed by atoms with Crippen LogP contribution in [0.3, 0.4) is 0 Å². The van der Waals surface area contributed by atoms with Gasteiger partial charge in [0.05, 0.1) is 28.2 Å². The summed E-state index contributed by atoms with van der Waals surface area (Å²) in [5, 5.41) is 4.20. The minimum Gasteiger partial charge on any atom is -0.348 e. The summed E-state index contributed by atoms with van der Waals surface area (Å²) < 4.78 is 0. The predicted octanol–water partition coefficient (Wildman–Crippen LogP) is 4.51. The largest absolute Gasteiger partial charge is 0.348 e. The fourth-order valence-corrected chi connectivity index (χ4v) is 2.90. The van der Waals surface area contributed by atoms with E-state index in [4.69, 9.17) is 46.4 Å². The molecule has 0 aliphatic carbocycles. The van der Waals surface area contributed by atoms with Crippen molar-refractivity contribution in [3.05, 3.63) is 56.0 Å². The lowest BCUT2D eigenvalue weighted by atomic mass is 10.1. The third kappa shape index (κ3) is 4.23. The number of nitrogens with zero attached hydrogens (tertiary/aromatic N) is 2. The Kier molecular flexibility index (Phi) is 5.87. The maximum absolute atomic E-state index is 12.1. The van der Waals surface area contributed by atoms with E-state index in [0.29, 0.717) is 26.3 Å². The second-order valence-corrected chi connectivity index (χ2v) is 6.16. The molecule has 8 heteroatoms. The average molecular weight is 379 g/mol. The Labute approximate surface area is 147 Å². The van der Waals surface area contributed by atoms with Crippen LogP contribution in [0.4, 0.5) is 0 Å². The summed E-state index contributed by atoms with van der Waals surface area (Å²) in [7, 11) is 0. The molecule has 2 heterocycles. The molecule has 2 aromatic heterocycles. The number of carbonyl (C=O) groups excluding carboxylic acids is 1. The van der Waals surface area contributed by atoms with E-state index in [2.05, 4.69) is 15.3 Å². The smallest absolute Gasteiger partial charge is 0.225 e. The Morgan fingerprint density at radius 2 is 1.95 bits per heavy atom. The van der Waals surface area contributed by atoms with E-state index in [9.17, 15) is 4.79 Å². The van der Waals surface area contributed by atoms with E-state index < -0.39 is 0 Å². The summed E-state index contributed by atoms with van der Waals surface area (Å²) in [4.78, 5) is 20.2. The van der Waals surface area contributed by atoms with Gasteiger partial charge in [-0.15, -0.1) is 0 Å². The molecule has 0 bridgehead atoms. The van der Waals surface area contributed by atoms with Gasteiger partial charge in [0, 0.05) is 23.0 Å². The molecule has 1 N–H and O–H groups in total. The van der Waals surface area contributed by atoms with E-state index in [1.807, 2.05) is 0 Å². The van der Waals surface area contributed by atoms with Crippen molar-refractivity contribution in [2.24, 2.45) is 0 Å². The normalized spacial score (nSPS) is 12.0. The molecular weight excluding hydrogens is 368 g/mol. The van der Waals surface area contributed by atoms with Gasteiger partial charge in [-0.1, -0.05) is 46.4 Å². The molecule has 22 heavy (non-hydrogen) atoms. The second kappa shape index (κ2) is 7.47. The quantitative estimate of drug-likeness (QED) is 0.796. The molecule has 0 aromatic carbocycles. The Balaban J connectivity index is 2.08. The van der Waals surface area contributed by atoms with Gasteiger partial charge < -0.3 is 5.32 Å². The summed E-state index contributed by atoms with van der Waals surface area (Å²) in [5.41, 5.74) is 1.01. The molecule has 1 unspecified atom stereocenters. The van der Waals surface area contributed by atoms with Crippen LogP contribution in [0, 0.1) is 0 Å². The molecule has 2 rings (SSSR count). The van der Waals surface area contributed by atoms with E-state index >= 15 is 0 Å². The predicted molar refractivity (Wildman–Crippen MR) is 88.8 cm³/mol. The summed E-state index contributed by atoms with van der Waals surface area (Å²) in [6.07, 6.45) is 2.97. The summed E-state index contributed by atoms with van der Waals surface area (Å²) in [5.74, 6) is -0.267. The SMILES string of the molecule is CC(NC(=O)Cc1c(Cl)ccnc1Cl)c1ncc(Cl)cc1Cl. The van der Waals surface area contributed by atoms with Crippen LogP contribution in [0.1, 0.15) is 24.2 Å². The van der Waals surface area contributed by atoms with E-state index in [1.165, 1.54) is 12.4 Å². The first-order valence-electron chi connectivity index (χ1n) is 6.27. The first kappa shape index (κ1) is 17.3. The van der Waals surface area contributed by atoms with Gasteiger partial charge in [-0.2, -0.15) is 0 Å². The van der Waals surface area contributed by atoms with Crippen LogP contribution in [0.25, 0.3) is 0 Å². The highest BCUT2D eigenvalue weighted by Crippen LogP contribution is 2.25. The maximum atomic E-state index is 12.1. The summed E-state index contributed by atoms with van der Waals surface area (Å²) >= 11 is 23.8. The van der Waals surface area contributed by atoms with Crippen molar-refractivity contribution in [3.63, 3.8) is 0 Å². The van der Waals surface area contributed by atoms with Crippen molar-refractivity contribution in [1.29, 1.82) is 0 Å². The Hall–Kier alpha value is -1.07. The molecule has 116 valence electrons. The molecule has 4 nitrogen and oxygen atoms in total. The highest BCUT2D eigenvalue weighted by atomic mass is 35.5. The van der Waals surface area contributed by atoms with Crippen molar-refractivity contribution >= 4 is 52.3 Å². The first-order chi connectivity index (χ1) is 10.4. The van der Waals surface area contributed by atoms with Gasteiger partial charge in [-0.3, -0.25) is 9.78 Å². The van der Waals surface area contributed by atoms with Crippen LogP contribution in [-0.2, 0) is 11.2 Å². The lowest BCUT2D eigenvalue weighted by Crippen LogP contribution is -2.29. The van der Waals surface area contributed by atoms with Crippen molar-refractivity contribution in [2.75, 3.05) is 0 Å². The van der Waals surface area contributed by atoms with Gasteiger partial charge in [-0.05, 0) is 19.1 Å². The number of hydrogen-bond donors (Lipinski definition) is 1. The number of nitrogens with one attached hydrogen (secondary N) is 1. The minimum atomic E-state index is -0.383.